The highest BCUT2D eigenvalue weighted by molar-refractivity contribution is 7.99. The first-order chi connectivity index (χ1) is 11.7. The molecule has 24 heavy (non-hydrogen) atoms. The van der Waals surface area contributed by atoms with E-state index in [1.807, 2.05) is 30.3 Å². The molecule has 0 saturated carbocycles. The van der Waals surface area contributed by atoms with Gasteiger partial charge in [-0.3, -0.25) is 9.69 Å². The Bertz CT molecular complexity index is 613. The lowest BCUT2D eigenvalue weighted by molar-refractivity contribution is -0.137. The van der Waals surface area contributed by atoms with E-state index in [4.69, 9.17) is 4.74 Å². The lowest BCUT2D eigenvalue weighted by Crippen LogP contribution is -2.51. The molecular formula is C16H18N2O4S2. The fourth-order valence-electron chi connectivity index (χ4n) is 2.62. The average molecular weight is 366 g/mol. The van der Waals surface area contributed by atoms with Crippen molar-refractivity contribution >= 4 is 41.8 Å². The Labute approximate surface area is 148 Å². The molecule has 2 heterocycles. The second kappa shape index (κ2) is 7.94. The fourth-order valence-corrected chi connectivity index (χ4v) is 4.87. The SMILES string of the molecule is O=CC1CSCN1C(=O)C1CSCN1C(=O)OCc1ccccc1. The quantitative estimate of drug-likeness (QED) is 0.757. The van der Waals surface area contributed by atoms with Gasteiger partial charge in [-0.25, -0.2) is 4.79 Å². The van der Waals surface area contributed by atoms with E-state index >= 15 is 0 Å². The smallest absolute Gasteiger partial charge is 0.411 e. The van der Waals surface area contributed by atoms with E-state index in [0.717, 1.165) is 11.8 Å². The fraction of sp³-hybridized carbons (Fsp3) is 0.438. The molecule has 8 heteroatoms. The van der Waals surface area contributed by atoms with Gasteiger partial charge >= 0.3 is 6.09 Å². The Balaban J connectivity index is 1.61. The van der Waals surface area contributed by atoms with Crippen LogP contribution in [0.4, 0.5) is 4.79 Å². The third-order valence-corrected chi connectivity index (χ3v) is 6.02. The van der Waals surface area contributed by atoms with Gasteiger partial charge in [-0.15, -0.1) is 23.5 Å². The maximum atomic E-state index is 12.7. The Morgan fingerprint density at radius 1 is 1.12 bits per heavy atom. The van der Waals surface area contributed by atoms with E-state index in [1.165, 1.54) is 16.7 Å². The van der Waals surface area contributed by atoms with Gasteiger partial charge in [0.25, 0.3) is 0 Å². The summed E-state index contributed by atoms with van der Waals surface area (Å²) >= 11 is 3.07. The molecule has 2 amide bonds. The van der Waals surface area contributed by atoms with Crippen molar-refractivity contribution < 1.29 is 19.1 Å². The van der Waals surface area contributed by atoms with Gasteiger partial charge in [0.2, 0.25) is 5.91 Å². The second-order valence-corrected chi connectivity index (χ2v) is 7.54. The lowest BCUT2D eigenvalue weighted by atomic mass is 10.2. The molecule has 0 bridgehead atoms. The number of aldehydes is 1. The minimum absolute atomic E-state index is 0.168. The summed E-state index contributed by atoms with van der Waals surface area (Å²) in [7, 11) is 0. The highest BCUT2D eigenvalue weighted by atomic mass is 32.2. The van der Waals surface area contributed by atoms with Crippen molar-refractivity contribution in [2.75, 3.05) is 23.3 Å². The number of carbonyl (C=O) groups excluding carboxylic acids is 3. The van der Waals surface area contributed by atoms with Crippen molar-refractivity contribution in [1.82, 2.24) is 9.80 Å². The first-order valence-electron chi connectivity index (χ1n) is 7.59. The monoisotopic (exact) mass is 366 g/mol. The molecule has 0 N–H and O–H groups in total. The molecular weight excluding hydrogens is 348 g/mol. The zero-order chi connectivity index (χ0) is 16.9. The summed E-state index contributed by atoms with van der Waals surface area (Å²) in [6.45, 7) is 0.179. The van der Waals surface area contributed by atoms with Crippen LogP contribution in [0.15, 0.2) is 30.3 Å². The number of rotatable bonds is 4. The number of hydrogen-bond donors (Lipinski definition) is 0. The Morgan fingerprint density at radius 2 is 1.83 bits per heavy atom. The zero-order valence-corrected chi connectivity index (χ0v) is 14.6. The van der Waals surface area contributed by atoms with E-state index in [-0.39, 0.29) is 12.5 Å². The number of hydrogen-bond acceptors (Lipinski definition) is 6. The van der Waals surface area contributed by atoms with E-state index in [0.29, 0.717) is 23.3 Å². The van der Waals surface area contributed by atoms with Gasteiger partial charge in [-0.1, -0.05) is 30.3 Å². The van der Waals surface area contributed by atoms with Crippen LogP contribution in [0.3, 0.4) is 0 Å². The van der Waals surface area contributed by atoms with E-state index < -0.39 is 18.2 Å². The minimum atomic E-state index is -0.556. The summed E-state index contributed by atoms with van der Waals surface area (Å²) in [6.07, 6.45) is 0.314. The molecule has 3 rings (SSSR count). The van der Waals surface area contributed by atoms with Crippen molar-refractivity contribution in [3.05, 3.63) is 35.9 Å². The number of thioether (sulfide) groups is 2. The van der Waals surface area contributed by atoms with Crippen LogP contribution < -0.4 is 0 Å². The molecule has 2 unspecified atom stereocenters. The molecule has 6 nitrogen and oxygen atoms in total. The molecule has 2 atom stereocenters. The van der Waals surface area contributed by atoms with Crippen LogP contribution in [0, 0.1) is 0 Å². The third kappa shape index (κ3) is 3.70. The largest absolute Gasteiger partial charge is 0.445 e. The van der Waals surface area contributed by atoms with Crippen molar-refractivity contribution in [3.63, 3.8) is 0 Å². The Kier molecular flexibility index (Phi) is 5.68. The van der Waals surface area contributed by atoms with Gasteiger partial charge in [0.1, 0.15) is 18.9 Å². The molecule has 0 aliphatic carbocycles. The Morgan fingerprint density at radius 3 is 2.58 bits per heavy atom. The minimum Gasteiger partial charge on any atom is -0.445 e. The molecule has 0 radical (unpaired) electrons. The van der Waals surface area contributed by atoms with Gasteiger partial charge in [0.15, 0.2) is 0 Å². The highest BCUT2D eigenvalue weighted by Gasteiger charge is 2.41. The summed E-state index contributed by atoms with van der Waals surface area (Å²) < 4.78 is 5.34. The molecule has 0 spiro atoms. The molecule has 1 aromatic carbocycles. The van der Waals surface area contributed by atoms with Crippen LogP contribution >= 0.6 is 23.5 Å². The summed E-state index contributed by atoms with van der Waals surface area (Å²) in [5.74, 6) is 1.91. The van der Waals surface area contributed by atoms with E-state index in [2.05, 4.69) is 0 Å². The highest BCUT2D eigenvalue weighted by Crippen LogP contribution is 2.27. The molecule has 2 aliphatic heterocycles. The first-order valence-corrected chi connectivity index (χ1v) is 9.90. The average Bonchev–Trinajstić information content (AvgIpc) is 3.28. The molecule has 1 aromatic rings. The molecule has 2 aliphatic rings. The number of nitrogens with zero attached hydrogens (tertiary/aromatic N) is 2. The van der Waals surface area contributed by atoms with Crippen LogP contribution in [-0.4, -0.2) is 63.4 Å². The van der Waals surface area contributed by atoms with Gasteiger partial charge in [-0.05, 0) is 5.56 Å². The third-order valence-electron chi connectivity index (χ3n) is 3.97. The van der Waals surface area contributed by atoms with Crippen molar-refractivity contribution in [1.29, 1.82) is 0 Å². The predicted molar refractivity (Wildman–Crippen MR) is 93.6 cm³/mol. The molecule has 2 fully saturated rings. The number of benzene rings is 1. The van der Waals surface area contributed by atoms with E-state index in [1.54, 1.807) is 16.7 Å². The Hall–Kier alpha value is -1.67. The van der Waals surface area contributed by atoms with Crippen molar-refractivity contribution in [2.45, 2.75) is 18.7 Å². The van der Waals surface area contributed by atoms with Gasteiger partial charge < -0.3 is 14.4 Å². The van der Waals surface area contributed by atoms with E-state index in [9.17, 15) is 14.4 Å². The van der Waals surface area contributed by atoms with Crippen LogP contribution in [0.1, 0.15) is 5.56 Å². The molecule has 2 saturated heterocycles. The van der Waals surface area contributed by atoms with Crippen LogP contribution in [0.2, 0.25) is 0 Å². The summed E-state index contributed by atoms with van der Waals surface area (Å²) in [5, 5.41) is 0. The van der Waals surface area contributed by atoms with Gasteiger partial charge in [-0.2, -0.15) is 0 Å². The first kappa shape index (κ1) is 17.2. The summed E-state index contributed by atoms with van der Waals surface area (Å²) in [6, 6.07) is 8.47. The maximum absolute atomic E-state index is 12.7. The van der Waals surface area contributed by atoms with Crippen molar-refractivity contribution in [3.8, 4) is 0 Å². The molecule has 128 valence electrons. The summed E-state index contributed by atoms with van der Waals surface area (Å²) in [5.41, 5.74) is 0.900. The normalized spacial score (nSPS) is 23.3. The predicted octanol–water partition coefficient (Wildman–Crippen LogP) is 1.80. The topological polar surface area (TPSA) is 66.9 Å². The van der Waals surface area contributed by atoms with Crippen molar-refractivity contribution in [2.24, 2.45) is 0 Å². The number of ether oxygens (including phenoxy) is 1. The zero-order valence-electron chi connectivity index (χ0n) is 13.0. The second-order valence-electron chi connectivity index (χ2n) is 5.54. The standard InChI is InChI=1S/C16H18N2O4S2/c19-6-13-8-23-10-17(13)15(20)14-9-24-11-18(14)16(21)22-7-12-4-2-1-3-5-12/h1-6,13-14H,7-11H2. The number of amides is 2. The lowest BCUT2D eigenvalue weighted by Gasteiger charge is -2.28. The number of carbonyl (C=O) groups is 3. The van der Waals surface area contributed by atoms with Crippen LogP contribution in [0.25, 0.3) is 0 Å². The summed E-state index contributed by atoms with van der Waals surface area (Å²) in [4.78, 5) is 39.2. The van der Waals surface area contributed by atoms with Gasteiger partial charge in [0.05, 0.1) is 17.8 Å². The van der Waals surface area contributed by atoms with Crippen LogP contribution in [0.5, 0.6) is 0 Å². The van der Waals surface area contributed by atoms with Crippen LogP contribution in [-0.2, 0) is 20.9 Å². The van der Waals surface area contributed by atoms with Gasteiger partial charge in [0, 0.05) is 11.5 Å². The maximum Gasteiger partial charge on any atom is 0.411 e. The molecule has 0 aromatic heterocycles.